The molecule has 2 aromatic carbocycles. The van der Waals surface area contributed by atoms with Crippen molar-refractivity contribution in [2.75, 3.05) is 25.5 Å². The van der Waals surface area contributed by atoms with Gasteiger partial charge in [0, 0.05) is 26.3 Å². The van der Waals surface area contributed by atoms with Gasteiger partial charge in [-0.05, 0) is 73.7 Å². The van der Waals surface area contributed by atoms with Gasteiger partial charge < -0.3 is 9.64 Å². The molecule has 2 aromatic rings. The van der Waals surface area contributed by atoms with Gasteiger partial charge in [0.15, 0.2) is 6.10 Å². The van der Waals surface area contributed by atoms with Gasteiger partial charge in [-0.15, -0.1) is 0 Å². The average Bonchev–Trinajstić information content (AvgIpc) is 3.11. The molecule has 1 unspecified atom stereocenters. The number of rotatable bonds is 6. The molecule has 0 N–H and O–H groups in total. The van der Waals surface area contributed by atoms with Gasteiger partial charge >= 0.3 is 0 Å². The molecule has 0 aliphatic carbocycles. The molecule has 1 aliphatic heterocycles. The minimum Gasteiger partial charge on any atom is -0.481 e. The van der Waals surface area contributed by atoms with Crippen molar-refractivity contribution in [2.45, 2.75) is 44.6 Å². The molecule has 7 heteroatoms. The summed E-state index contributed by atoms with van der Waals surface area (Å²) < 4.78 is 32.0. The zero-order valence-corrected chi connectivity index (χ0v) is 18.4. The van der Waals surface area contributed by atoms with Gasteiger partial charge in [-0.25, -0.2) is 12.7 Å². The van der Waals surface area contributed by atoms with Gasteiger partial charge in [-0.2, -0.15) is 0 Å². The minimum absolute atomic E-state index is 0.104. The number of hydrogen-bond donors (Lipinski definition) is 0. The van der Waals surface area contributed by atoms with Crippen LogP contribution in [-0.2, 0) is 21.2 Å². The third kappa shape index (κ3) is 4.16. The number of ether oxygens (including phenoxy) is 1. The molecule has 0 aromatic heterocycles. The number of amides is 1. The number of hydrogen-bond acceptors (Lipinski definition) is 4. The van der Waals surface area contributed by atoms with Crippen LogP contribution in [-0.4, -0.2) is 45.4 Å². The lowest BCUT2D eigenvalue weighted by atomic mass is 10.1. The molecule has 0 saturated carbocycles. The molecule has 0 fully saturated rings. The van der Waals surface area contributed by atoms with Crippen LogP contribution in [0.1, 0.15) is 30.0 Å². The van der Waals surface area contributed by atoms with Gasteiger partial charge in [-0.3, -0.25) is 4.79 Å². The average molecular weight is 417 g/mol. The predicted octanol–water partition coefficient (Wildman–Crippen LogP) is 3.30. The third-order valence-corrected chi connectivity index (χ3v) is 7.21. The van der Waals surface area contributed by atoms with Crippen molar-refractivity contribution in [3.05, 3.63) is 53.1 Å². The lowest BCUT2D eigenvalue weighted by molar-refractivity contribution is -0.125. The molecule has 0 radical (unpaired) electrons. The van der Waals surface area contributed by atoms with Crippen LogP contribution in [0.25, 0.3) is 0 Å². The van der Waals surface area contributed by atoms with Crippen LogP contribution >= 0.6 is 0 Å². The zero-order valence-electron chi connectivity index (χ0n) is 17.6. The molecule has 0 saturated heterocycles. The van der Waals surface area contributed by atoms with Crippen LogP contribution in [0.2, 0.25) is 0 Å². The predicted molar refractivity (Wildman–Crippen MR) is 114 cm³/mol. The van der Waals surface area contributed by atoms with E-state index >= 15 is 0 Å². The number of nitrogens with zero attached hydrogens (tertiary/aromatic N) is 2. The Bertz CT molecular complexity index is 1030. The Morgan fingerprint density at radius 1 is 1.14 bits per heavy atom. The van der Waals surface area contributed by atoms with Crippen LogP contribution in [0.5, 0.6) is 5.75 Å². The Balaban J connectivity index is 1.83. The summed E-state index contributed by atoms with van der Waals surface area (Å²) in [5.41, 5.74) is 3.91. The topological polar surface area (TPSA) is 66.9 Å². The molecule has 1 amide bonds. The number of aryl methyl sites for hydroxylation is 2. The van der Waals surface area contributed by atoms with Crippen molar-refractivity contribution < 1.29 is 17.9 Å². The highest BCUT2D eigenvalue weighted by molar-refractivity contribution is 7.89. The van der Waals surface area contributed by atoms with Gasteiger partial charge in [-0.1, -0.05) is 13.0 Å². The van der Waals surface area contributed by atoms with E-state index in [1.807, 2.05) is 39.0 Å². The highest BCUT2D eigenvalue weighted by Gasteiger charge is 2.32. The summed E-state index contributed by atoms with van der Waals surface area (Å²) in [6.45, 7) is 6.49. The zero-order chi connectivity index (χ0) is 21.3. The Morgan fingerprint density at radius 3 is 2.48 bits per heavy atom. The molecule has 1 aliphatic rings. The van der Waals surface area contributed by atoms with E-state index in [0.717, 1.165) is 16.8 Å². The summed E-state index contributed by atoms with van der Waals surface area (Å²) in [7, 11) is -0.484. The number of fused-ring (bicyclic) bond motifs is 1. The van der Waals surface area contributed by atoms with E-state index in [2.05, 4.69) is 0 Å². The van der Waals surface area contributed by atoms with E-state index in [9.17, 15) is 13.2 Å². The Kier molecular flexibility index (Phi) is 6.00. The maximum absolute atomic E-state index is 13.2. The Labute approximate surface area is 173 Å². The first-order valence-corrected chi connectivity index (χ1v) is 11.2. The molecule has 0 bridgehead atoms. The summed E-state index contributed by atoms with van der Waals surface area (Å²) in [6.07, 6.45) is 0.580. The summed E-state index contributed by atoms with van der Waals surface area (Å²) >= 11 is 0. The second-order valence-corrected chi connectivity index (χ2v) is 9.73. The number of benzene rings is 2. The second kappa shape index (κ2) is 8.16. The first kappa shape index (κ1) is 21.3. The van der Waals surface area contributed by atoms with Crippen LogP contribution in [0, 0.1) is 13.8 Å². The maximum Gasteiger partial charge on any atom is 0.268 e. The van der Waals surface area contributed by atoms with Gasteiger partial charge in [0.05, 0.1) is 4.90 Å². The highest BCUT2D eigenvalue weighted by Crippen LogP contribution is 2.32. The summed E-state index contributed by atoms with van der Waals surface area (Å²) in [6, 6.07) is 10.8. The first-order chi connectivity index (χ1) is 13.6. The molecule has 3 rings (SSSR count). The monoisotopic (exact) mass is 416 g/mol. The van der Waals surface area contributed by atoms with Crippen molar-refractivity contribution in [1.82, 2.24) is 4.31 Å². The lowest BCUT2D eigenvalue weighted by Gasteiger charge is -2.24. The van der Waals surface area contributed by atoms with Crippen molar-refractivity contribution in [3.8, 4) is 5.75 Å². The van der Waals surface area contributed by atoms with Crippen LogP contribution < -0.4 is 9.64 Å². The van der Waals surface area contributed by atoms with E-state index < -0.39 is 16.1 Å². The minimum atomic E-state index is -3.50. The smallest absolute Gasteiger partial charge is 0.268 e. The number of anilines is 1. The maximum atomic E-state index is 13.2. The standard InChI is InChI=1S/C22H28N2O4S/c1-6-21(28-18-8-7-15(2)16(3)13-18)22(25)24-12-11-17-14-19(9-10-20(17)24)29(26,27)23(4)5/h7-10,13-14,21H,6,11-12H2,1-5H3. The largest absolute Gasteiger partial charge is 0.481 e. The Morgan fingerprint density at radius 2 is 1.86 bits per heavy atom. The molecule has 29 heavy (non-hydrogen) atoms. The van der Waals surface area contributed by atoms with E-state index in [1.165, 1.54) is 24.0 Å². The van der Waals surface area contributed by atoms with Crippen LogP contribution in [0.15, 0.2) is 41.3 Å². The second-order valence-electron chi connectivity index (χ2n) is 7.58. The Hall–Kier alpha value is -2.38. The fraction of sp³-hybridized carbons (Fsp3) is 0.409. The summed E-state index contributed by atoms with van der Waals surface area (Å²) in [4.78, 5) is 15.1. The van der Waals surface area contributed by atoms with E-state index in [1.54, 1.807) is 23.1 Å². The van der Waals surface area contributed by atoms with Gasteiger partial charge in [0.1, 0.15) is 5.75 Å². The normalized spacial score (nSPS) is 14.8. The SMILES string of the molecule is CCC(Oc1ccc(C)c(C)c1)C(=O)N1CCc2cc(S(=O)(=O)N(C)C)ccc21. The molecule has 1 atom stereocenters. The summed E-state index contributed by atoms with van der Waals surface area (Å²) in [5.74, 6) is 0.577. The van der Waals surface area contributed by atoms with Crippen molar-refractivity contribution >= 4 is 21.6 Å². The van der Waals surface area contributed by atoms with Gasteiger partial charge in [0.2, 0.25) is 10.0 Å². The van der Waals surface area contributed by atoms with Crippen molar-refractivity contribution in [3.63, 3.8) is 0 Å². The number of carbonyl (C=O) groups excluding carboxylic acids is 1. The fourth-order valence-electron chi connectivity index (χ4n) is 3.41. The van der Waals surface area contributed by atoms with E-state index in [-0.39, 0.29) is 10.8 Å². The lowest BCUT2D eigenvalue weighted by Crippen LogP contribution is -2.41. The van der Waals surface area contributed by atoms with Crippen LogP contribution in [0.4, 0.5) is 5.69 Å². The molecular formula is C22H28N2O4S. The molecule has 6 nitrogen and oxygen atoms in total. The molecular weight excluding hydrogens is 388 g/mol. The first-order valence-electron chi connectivity index (χ1n) is 9.76. The van der Waals surface area contributed by atoms with Crippen LogP contribution in [0.3, 0.4) is 0 Å². The molecule has 1 heterocycles. The van der Waals surface area contributed by atoms with E-state index in [4.69, 9.17) is 4.74 Å². The summed E-state index contributed by atoms with van der Waals surface area (Å²) in [5, 5.41) is 0. The van der Waals surface area contributed by atoms with Crippen molar-refractivity contribution in [1.29, 1.82) is 0 Å². The molecule has 0 spiro atoms. The van der Waals surface area contributed by atoms with E-state index in [0.29, 0.717) is 25.1 Å². The number of sulfonamides is 1. The van der Waals surface area contributed by atoms with Gasteiger partial charge in [0.25, 0.3) is 5.91 Å². The molecule has 156 valence electrons. The van der Waals surface area contributed by atoms with Crippen molar-refractivity contribution in [2.24, 2.45) is 0 Å². The third-order valence-electron chi connectivity index (χ3n) is 5.39. The highest BCUT2D eigenvalue weighted by atomic mass is 32.2. The quantitative estimate of drug-likeness (QED) is 0.725. The number of carbonyl (C=O) groups is 1. The fourth-order valence-corrected chi connectivity index (χ4v) is 4.36.